The van der Waals surface area contributed by atoms with Gasteiger partial charge in [-0.2, -0.15) is 5.10 Å². The molecule has 0 spiro atoms. The molecule has 0 amide bonds. The van der Waals surface area contributed by atoms with Gasteiger partial charge in [0.15, 0.2) is 0 Å². The Morgan fingerprint density at radius 1 is 1.24 bits per heavy atom. The highest BCUT2D eigenvalue weighted by Gasteiger charge is 2.24. The Morgan fingerprint density at radius 3 is 2.59 bits per heavy atom. The Labute approximate surface area is 99.1 Å². The molecule has 0 bridgehead atoms. The molecule has 0 saturated heterocycles. The predicted molar refractivity (Wildman–Crippen MR) is 64.8 cm³/mol. The summed E-state index contributed by atoms with van der Waals surface area (Å²) >= 11 is 0. The van der Waals surface area contributed by atoms with E-state index in [9.17, 15) is 5.11 Å². The summed E-state index contributed by atoms with van der Waals surface area (Å²) in [6.07, 6.45) is 0. The molecule has 2 heterocycles. The Kier molecular flexibility index (Phi) is 2.09. The van der Waals surface area contributed by atoms with Crippen molar-refractivity contribution in [2.24, 2.45) is 0 Å². The zero-order chi connectivity index (χ0) is 12.0. The molecule has 17 heavy (non-hydrogen) atoms. The molecule has 0 atom stereocenters. The van der Waals surface area contributed by atoms with Gasteiger partial charge in [0.25, 0.3) is 0 Å². The van der Waals surface area contributed by atoms with Gasteiger partial charge in [0.2, 0.25) is 0 Å². The number of benzene rings is 1. The standard InChI is InChI=1S/C12H14N4O/c1-15-6-10-11(7-15)14-16(12(10)13)8-2-4-9(17)5-3-8/h2-5,17H,6-7,13H2,1H3. The van der Waals surface area contributed by atoms with E-state index in [4.69, 9.17) is 5.73 Å². The molecule has 5 heteroatoms. The van der Waals surface area contributed by atoms with Gasteiger partial charge in [-0.05, 0) is 31.3 Å². The maximum atomic E-state index is 9.26. The third kappa shape index (κ3) is 1.55. The lowest BCUT2D eigenvalue weighted by atomic mass is 10.2. The molecule has 0 radical (unpaired) electrons. The van der Waals surface area contributed by atoms with Crippen molar-refractivity contribution in [1.29, 1.82) is 0 Å². The number of nitrogen functional groups attached to an aromatic ring is 1. The van der Waals surface area contributed by atoms with Crippen LogP contribution in [0.3, 0.4) is 0 Å². The van der Waals surface area contributed by atoms with Crippen molar-refractivity contribution in [2.45, 2.75) is 13.1 Å². The fourth-order valence-electron chi connectivity index (χ4n) is 2.18. The molecule has 1 aliphatic rings. The molecule has 0 unspecified atom stereocenters. The fraction of sp³-hybridized carbons (Fsp3) is 0.250. The topological polar surface area (TPSA) is 67.3 Å². The van der Waals surface area contributed by atoms with Crippen molar-refractivity contribution >= 4 is 5.82 Å². The first-order valence-corrected chi connectivity index (χ1v) is 5.49. The zero-order valence-corrected chi connectivity index (χ0v) is 9.59. The lowest BCUT2D eigenvalue weighted by Gasteiger charge is -2.09. The molecule has 0 aliphatic carbocycles. The smallest absolute Gasteiger partial charge is 0.132 e. The van der Waals surface area contributed by atoms with Gasteiger partial charge in [0.05, 0.1) is 11.4 Å². The van der Waals surface area contributed by atoms with E-state index < -0.39 is 0 Å². The summed E-state index contributed by atoms with van der Waals surface area (Å²) in [5, 5.41) is 13.8. The van der Waals surface area contributed by atoms with Gasteiger partial charge in [-0.3, -0.25) is 4.90 Å². The Bertz CT molecular complexity index is 559. The van der Waals surface area contributed by atoms with Crippen LogP contribution in [0.15, 0.2) is 24.3 Å². The summed E-state index contributed by atoms with van der Waals surface area (Å²) in [6.45, 7) is 1.68. The number of phenolic OH excluding ortho intramolecular Hbond substituents is 1. The number of aromatic nitrogens is 2. The molecule has 0 saturated carbocycles. The number of hydrogen-bond acceptors (Lipinski definition) is 4. The molecule has 3 rings (SSSR count). The highest BCUT2D eigenvalue weighted by Crippen LogP contribution is 2.28. The molecule has 88 valence electrons. The van der Waals surface area contributed by atoms with Crippen LogP contribution >= 0.6 is 0 Å². The van der Waals surface area contributed by atoms with E-state index in [1.807, 2.05) is 7.05 Å². The molecule has 1 aromatic heterocycles. The SMILES string of the molecule is CN1Cc2nn(-c3ccc(O)cc3)c(N)c2C1. The molecular weight excluding hydrogens is 216 g/mol. The van der Waals surface area contributed by atoms with Crippen LogP contribution in [0.5, 0.6) is 5.75 Å². The quantitative estimate of drug-likeness (QED) is 0.770. The molecule has 1 aliphatic heterocycles. The van der Waals surface area contributed by atoms with Crippen LogP contribution in [0.4, 0.5) is 5.82 Å². The lowest BCUT2D eigenvalue weighted by Crippen LogP contribution is -2.12. The number of rotatable bonds is 1. The largest absolute Gasteiger partial charge is 0.508 e. The Balaban J connectivity index is 2.06. The minimum atomic E-state index is 0.242. The maximum Gasteiger partial charge on any atom is 0.132 e. The first kappa shape index (κ1) is 10.2. The number of aromatic hydroxyl groups is 1. The molecule has 3 N–H and O–H groups in total. The van der Waals surface area contributed by atoms with Gasteiger partial charge < -0.3 is 10.8 Å². The van der Waals surface area contributed by atoms with Gasteiger partial charge in [-0.15, -0.1) is 0 Å². The third-order valence-electron chi connectivity index (χ3n) is 3.05. The molecule has 5 nitrogen and oxygen atoms in total. The van der Waals surface area contributed by atoms with E-state index in [0.717, 1.165) is 30.0 Å². The second-order valence-electron chi connectivity index (χ2n) is 4.41. The van der Waals surface area contributed by atoms with Gasteiger partial charge in [-0.1, -0.05) is 0 Å². The van der Waals surface area contributed by atoms with E-state index in [1.165, 1.54) is 0 Å². The monoisotopic (exact) mass is 230 g/mol. The highest BCUT2D eigenvalue weighted by molar-refractivity contribution is 5.51. The van der Waals surface area contributed by atoms with E-state index >= 15 is 0 Å². The highest BCUT2D eigenvalue weighted by atomic mass is 16.3. The second-order valence-corrected chi connectivity index (χ2v) is 4.41. The number of fused-ring (bicyclic) bond motifs is 1. The number of nitrogens with zero attached hydrogens (tertiary/aromatic N) is 3. The molecular formula is C12H14N4O. The van der Waals surface area contributed by atoms with Crippen molar-refractivity contribution < 1.29 is 5.11 Å². The van der Waals surface area contributed by atoms with Crippen LogP contribution in [0.25, 0.3) is 5.69 Å². The van der Waals surface area contributed by atoms with Crippen molar-refractivity contribution in [3.63, 3.8) is 0 Å². The van der Waals surface area contributed by atoms with Crippen molar-refractivity contribution in [3.05, 3.63) is 35.5 Å². The zero-order valence-electron chi connectivity index (χ0n) is 9.59. The number of hydrogen-bond donors (Lipinski definition) is 2. The summed E-state index contributed by atoms with van der Waals surface area (Å²) in [7, 11) is 2.05. The third-order valence-corrected chi connectivity index (χ3v) is 3.05. The summed E-state index contributed by atoms with van der Waals surface area (Å²) < 4.78 is 1.73. The second kappa shape index (κ2) is 3.49. The molecule has 2 aromatic rings. The van der Waals surface area contributed by atoms with Crippen LogP contribution in [0.2, 0.25) is 0 Å². The summed E-state index contributed by atoms with van der Waals surface area (Å²) in [5.41, 5.74) is 9.12. The van der Waals surface area contributed by atoms with Crippen molar-refractivity contribution in [2.75, 3.05) is 12.8 Å². The number of phenols is 1. The van der Waals surface area contributed by atoms with Gasteiger partial charge >= 0.3 is 0 Å². The average molecular weight is 230 g/mol. The minimum Gasteiger partial charge on any atom is -0.508 e. The number of anilines is 1. The molecule has 0 fully saturated rings. The average Bonchev–Trinajstić information content (AvgIpc) is 2.79. The first-order valence-electron chi connectivity index (χ1n) is 5.49. The summed E-state index contributed by atoms with van der Waals surface area (Å²) in [5.74, 6) is 0.932. The van der Waals surface area contributed by atoms with E-state index in [-0.39, 0.29) is 5.75 Å². The van der Waals surface area contributed by atoms with E-state index in [0.29, 0.717) is 5.82 Å². The lowest BCUT2D eigenvalue weighted by molar-refractivity contribution is 0.348. The predicted octanol–water partition coefficient (Wildman–Crippen LogP) is 1.11. The van der Waals surface area contributed by atoms with Crippen LogP contribution in [0.1, 0.15) is 11.3 Å². The number of nitrogens with two attached hydrogens (primary N) is 1. The van der Waals surface area contributed by atoms with Crippen molar-refractivity contribution in [3.8, 4) is 11.4 Å². The van der Waals surface area contributed by atoms with Crippen LogP contribution < -0.4 is 5.73 Å². The Hall–Kier alpha value is -2.01. The fourth-order valence-corrected chi connectivity index (χ4v) is 2.18. The van der Waals surface area contributed by atoms with Gasteiger partial charge in [0.1, 0.15) is 11.6 Å². The molecule has 1 aromatic carbocycles. The van der Waals surface area contributed by atoms with Crippen LogP contribution in [0, 0.1) is 0 Å². The normalized spacial score (nSPS) is 15.1. The minimum absolute atomic E-state index is 0.242. The van der Waals surface area contributed by atoms with Crippen molar-refractivity contribution in [1.82, 2.24) is 14.7 Å². The summed E-state index contributed by atoms with van der Waals surface area (Å²) in [4.78, 5) is 2.18. The maximum absolute atomic E-state index is 9.26. The van der Waals surface area contributed by atoms with E-state index in [2.05, 4.69) is 10.00 Å². The Morgan fingerprint density at radius 2 is 1.94 bits per heavy atom. The van der Waals surface area contributed by atoms with Gasteiger partial charge in [-0.25, -0.2) is 4.68 Å². The van der Waals surface area contributed by atoms with Crippen LogP contribution in [-0.4, -0.2) is 26.8 Å². The summed E-state index contributed by atoms with van der Waals surface area (Å²) in [6, 6.07) is 6.87. The van der Waals surface area contributed by atoms with Crippen LogP contribution in [-0.2, 0) is 13.1 Å². The first-order chi connectivity index (χ1) is 8.15. The van der Waals surface area contributed by atoms with E-state index in [1.54, 1.807) is 28.9 Å². The van der Waals surface area contributed by atoms with Gasteiger partial charge in [0, 0.05) is 18.7 Å².